The molecule has 4 heteroatoms. The molecule has 0 aliphatic rings. The standard InChI is InChI=1S/C16H25NO3/c1-2-19-16(18)9-4-3-5-12-20-15-8-6-7-14(13-15)10-11-17/h6-8,13H,2-5,9-12,17H2,1H3. The van der Waals surface area contributed by atoms with E-state index in [0.717, 1.165) is 31.4 Å². The highest BCUT2D eigenvalue weighted by atomic mass is 16.5. The number of esters is 1. The Morgan fingerprint density at radius 2 is 2.10 bits per heavy atom. The van der Waals surface area contributed by atoms with Gasteiger partial charge in [-0.2, -0.15) is 0 Å². The molecule has 0 spiro atoms. The van der Waals surface area contributed by atoms with E-state index in [0.29, 0.717) is 26.2 Å². The van der Waals surface area contributed by atoms with Crippen molar-refractivity contribution >= 4 is 5.97 Å². The molecule has 0 aliphatic carbocycles. The van der Waals surface area contributed by atoms with Gasteiger partial charge in [-0.05, 0) is 56.8 Å². The first-order valence-corrected chi connectivity index (χ1v) is 7.33. The molecular weight excluding hydrogens is 254 g/mol. The molecular formula is C16H25NO3. The van der Waals surface area contributed by atoms with Gasteiger partial charge in [0.25, 0.3) is 0 Å². The van der Waals surface area contributed by atoms with Gasteiger partial charge >= 0.3 is 5.97 Å². The minimum absolute atomic E-state index is 0.108. The predicted molar refractivity (Wildman–Crippen MR) is 79.8 cm³/mol. The van der Waals surface area contributed by atoms with Crippen molar-refractivity contribution in [2.24, 2.45) is 5.73 Å². The van der Waals surface area contributed by atoms with E-state index < -0.39 is 0 Å². The van der Waals surface area contributed by atoms with Crippen LogP contribution in [-0.4, -0.2) is 25.7 Å². The van der Waals surface area contributed by atoms with Crippen molar-refractivity contribution in [3.05, 3.63) is 29.8 Å². The highest BCUT2D eigenvalue weighted by molar-refractivity contribution is 5.69. The summed E-state index contributed by atoms with van der Waals surface area (Å²) in [6.07, 6.45) is 4.15. The van der Waals surface area contributed by atoms with Crippen LogP contribution in [-0.2, 0) is 16.0 Å². The van der Waals surface area contributed by atoms with Crippen LogP contribution in [0, 0.1) is 0 Å². The Labute approximate surface area is 121 Å². The summed E-state index contributed by atoms with van der Waals surface area (Å²) in [7, 11) is 0. The maximum absolute atomic E-state index is 11.1. The smallest absolute Gasteiger partial charge is 0.305 e. The van der Waals surface area contributed by atoms with E-state index in [9.17, 15) is 4.79 Å². The molecule has 20 heavy (non-hydrogen) atoms. The number of ether oxygens (including phenoxy) is 2. The van der Waals surface area contributed by atoms with Crippen molar-refractivity contribution in [1.82, 2.24) is 0 Å². The quantitative estimate of drug-likeness (QED) is 0.528. The topological polar surface area (TPSA) is 61.5 Å². The van der Waals surface area contributed by atoms with Crippen LogP contribution in [0.5, 0.6) is 5.75 Å². The third kappa shape index (κ3) is 7.14. The summed E-state index contributed by atoms with van der Waals surface area (Å²) in [6.45, 7) is 3.61. The van der Waals surface area contributed by atoms with Gasteiger partial charge < -0.3 is 15.2 Å². The van der Waals surface area contributed by atoms with Crippen molar-refractivity contribution in [2.45, 2.75) is 39.0 Å². The SMILES string of the molecule is CCOC(=O)CCCCCOc1cccc(CCN)c1. The van der Waals surface area contributed by atoms with Gasteiger partial charge in [0.2, 0.25) is 0 Å². The molecule has 112 valence electrons. The zero-order valence-corrected chi connectivity index (χ0v) is 12.3. The first-order chi connectivity index (χ1) is 9.76. The van der Waals surface area contributed by atoms with Gasteiger partial charge in [-0.1, -0.05) is 12.1 Å². The highest BCUT2D eigenvalue weighted by Gasteiger charge is 2.01. The molecule has 0 radical (unpaired) electrons. The molecule has 0 unspecified atom stereocenters. The van der Waals surface area contributed by atoms with Gasteiger partial charge in [0.05, 0.1) is 13.2 Å². The van der Waals surface area contributed by atoms with Crippen molar-refractivity contribution in [1.29, 1.82) is 0 Å². The molecule has 0 fully saturated rings. The van der Waals surface area contributed by atoms with Gasteiger partial charge in [0.15, 0.2) is 0 Å². The first kappa shape index (κ1) is 16.5. The van der Waals surface area contributed by atoms with Crippen molar-refractivity contribution in [2.75, 3.05) is 19.8 Å². The normalized spacial score (nSPS) is 10.3. The van der Waals surface area contributed by atoms with E-state index in [2.05, 4.69) is 6.07 Å². The first-order valence-electron chi connectivity index (χ1n) is 7.33. The van der Waals surface area contributed by atoms with Crippen LogP contribution in [0.3, 0.4) is 0 Å². The molecule has 1 aromatic rings. The number of rotatable bonds is 10. The fourth-order valence-corrected chi connectivity index (χ4v) is 1.93. The molecule has 1 aromatic carbocycles. The fourth-order valence-electron chi connectivity index (χ4n) is 1.93. The Bertz CT molecular complexity index is 393. The average Bonchev–Trinajstić information content (AvgIpc) is 2.44. The van der Waals surface area contributed by atoms with Crippen LogP contribution in [0.1, 0.15) is 38.2 Å². The number of benzene rings is 1. The molecule has 0 aromatic heterocycles. The molecule has 0 aliphatic heterocycles. The van der Waals surface area contributed by atoms with Crippen LogP contribution >= 0.6 is 0 Å². The van der Waals surface area contributed by atoms with Gasteiger partial charge in [-0.15, -0.1) is 0 Å². The summed E-state index contributed by atoms with van der Waals surface area (Å²) in [6, 6.07) is 8.03. The van der Waals surface area contributed by atoms with Crippen LogP contribution < -0.4 is 10.5 Å². The van der Waals surface area contributed by atoms with E-state index in [1.54, 1.807) is 0 Å². The molecule has 0 amide bonds. The monoisotopic (exact) mass is 279 g/mol. The maximum Gasteiger partial charge on any atom is 0.305 e. The van der Waals surface area contributed by atoms with Gasteiger partial charge in [0.1, 0.15) is 5.75 Å². The van der Waals surface area contributed by atoms with E-state index in [4.69, 9.17) is 15.2 Å². The van der Waals surface area contributed by atoms with Crippen LogP contribution in [0.4, 0.5) is 0 Å². The molecule has 0 saturated heterocycles. The molecule has 0 bridgehead atoms. The second-order valence-corrected chi connectivity index (χ2v) is 4.65. The summed E-state index contributed by atoms with van der Waals surface area (Å²) in [4.78, 5) is 11.1. The number of nitrogens with two attached hydrogens (primary N) is 1. The van der Waals surface area contributed by atoms with Gasteiger partial charge in [-0.3, -0.25) is 4.79 Å². The lowest BCUT2D eigenvalue weighted by Gasteiger charge is -2.07. The molecule has 0 atom stereocenters. The van der Waals surface area contributed by atoms with E-state index in [-0.39, 0.29) is 5.97 Å². The molecule has 0 heterocycles. The summed E-state index contributed by atoms with van der Waals surface area (Å²) in [5.74, 6) is 0.782. The van der Waals surface area contributed by atoms with E-state index in [1.807, 2.05) is 25.1 Å². The summed E-state index contributed by atoms with van der Waals surface area (Å²) < 4.78 is 10.6. The van der Waals surface area contributed by atoms with E-state index >= 15 is 0 Å². The lowest BCUT2D eigenvalue weighted by atomic mass is 10.1. The Hall–Kier alpha value is -1.55. The third-order valence-electron chi connectivity index (χ3n) is 2.93. The summed E-state index contributed by atoms with van der Waals surface area (Å²) in [5, 5.41) is 0. The predicted octanol–water partition coefficient (Wildman–Crippen LogP) is 2.69. The minimum Gasteiger partial charge on any atom is -0.494 e. The third-order valence-corrected chi connectivity index (χ3v) is 2.93. The van der Waals surface area contributed by atoms with Crippen molar-refractivity contribution in [3.8, 4) is 5.75 Å². The van der Waals surface area contributed by atoms with Gasteiger partial charge in [-0.25, -0.2) is 0 Å². The number of hydrogen-bond acceptors (Lipinski definition) is 4. The Kier molecular flexibility index (Phi) is 8.47. The summed E-state index contributed by atoms with van der Waals surface area (Å²) >= 11 is 0. The fraction of sp³-hybridized carbons (Fsp3) is 0.562. The molecule has 2 N–H and O–H groups in total. The van der Waals surface area contributed by atoms with Crippen LogP contribution in [0.25, 0.3) is 0 Å². The van der Waals surface area contributed by atoms with Crippen LogP contribution in [0.2, 0.25) is 0 Å². The maximum atomic E-state index is 11.1. The Balaban J connectivity index is 2.12. The Morgan fingerprint density at radius 1 is 1.25 bits per heavy atom. The van der Waals surface area contributed by atoms with Gasteiger partial charge in [0, 0.05) is 6.42 Å². The number of hydrogen-bond donors (Lipinski definition) is 1. The lowest BCUT2D eigenvalue weighted by molar-refractivity contribution is -0.143. The number of unbranched alkanes of at least 4 members (excludes halogenated alkanes) is 2. The second-order valence-electron chi connectivity index (χ2n) is 4.65. The van der Waals surface area contributed by atoms with E-state index in [1.165, 1.54) is 5.56 Å². The van der Waals surface area contributed by atoms with Crippen molar-refractivity contribution < 1.29 is 14.3 Å². The largest absolute Gasteiger partial charge is 0.494 e. The number of carbonyl (C=O) groups excluding carboxylic acids is 1. The second kappa shape index (κ2) is 10.3. The average molecular weight is 279 g/mol. The van der Waals surface area contributed by atoms with Crippen molar-refractivity contribution in [3.63, 3.8) is 0 Å². The lowest BCUT2D eigenvalue weighted by Crippen LogP contribution is -2.04. The molecule has 1 rings (SSSR count). The molecule has 4 nitrogen and oxygen atoms in total. The Morgan fingerprint density at radius 3 is 2.85 bits per heavy atom. The molecule has 0 saturated carbocycles. The zero-order valence-electron chi connectivity index (χ0n) is 12.3. The summed E-state index contributed by atoms with van der Waals surface area (Å²) in [5.41, 5.74) is 6.73. The van der Waals surface area contributed by atoms with Crippen LogP contribution in [0.15, 0.2) is 24.3 Å². The zero-order chi connectivity index (χ0) is 14.6. The highest BCUT2D eigenvalue weighted by Crippen LogP contribution is 2.14. The minimum atomic E-state index is -0.108. The number of carbonyl (C=O) groups is 1.